The van der Waals surface area contributed by atoms with E-state index in [0.29, 0.717) is 0 Å². The highest BCUT2D eigenvalue weighted by Crippen LogP contribution is 2.44. The Morgan fingerprint density at radius 2 is 1.73 bits per heavy atom. The Morgan fingerprint density at radius 1 is 1.00 bits per heavy atom. The minimum Gasteiger partial charge on any atom is -0.0619 e. The van der Waals surface area contributed by atoms with Gasteiger partial charge in [0.05, 0.1) is 0 Å². The van der Waals surface area contributed by atoms with E-state index in [1.54, 1.807) is 0 Å². The molecule has 0 nitrogen and oxygen atoms in total. The predicted octanol–water partition coefficient (Wildman–Crippen LogP) is 4.13. The van der Waals surface area contributed by atoms with Crippen molar-refractivity contribution in [1.82, 2.24) is 0 Å². The first-order valence-corrected chi connectivity index (χ1v) is 5.32. The fourth-order valence-electron chi connectivity index (χ4n) is 2.39. The summed E-state index contributed by atoms with van der Waals surface area (Å²) < 4.78 is 8.55. The van der Waals surface area contributed by atoms with Crippen LogP contribution in [-0.2, 0) is 0 Å². The third-order valence-electron chi connectivity index (χ3n) is 3.20. The summed E-state index contributed by atoms with van der Waals surface area (Å²) >= 11 is 0. The molecule has 1 aliphatic rings. The van der Waals surface area contributed by atoms with E-state index in [4.69, 9.17) is 1.37 Å². The Labute approximate surface area is 92.0 Å². The lowest BCUT2D eigenvalue weighted by molar-refractivity contribution is 0.954. The summed E-state index contributed by atoms with van der Waals surface area (Å²) in [4.78, 5) is 0. The maximum Gasteiger partial charge on any atom is 0.0400 e. The van der Waals surface area contributed by atoms with Gasteiger partial charge in [0.15, 0.2) is 0 Å². The molecule has 1 atom stereocenters. The van der Waals surface area contributed by atoms with Gasteiger partial charge in [-0.15, -0.1) is 0 Å². The summed E-state index contributed by atoms with van der Waals surface area (Å²) in [5.74, 6) is -0.599. The largest absolute Gasteiger partial charge is 0.0619 e. The second-order valence-corrected chi connectivity index (χ2v) is 4.22. The van der Waals surface area contributed by atoms with Crippen LogP contribution in [0.1, 0.15) is 30.9 Å². The van der Waals surface area contributed by atoms with Gasteiger partial charge in [0.2, 0.25) is 0 Å². The molecule has 1 unspecified atom stereocenters. The average Bonchev–Trinajstić information content (AvgIpc) is 2.49. The van der Waals surface area contributed by atoms with Gasteiger partial charge in [0, 0.05) is 7.26 Å². The molecular formula is C15H14. The van der Waals surface area contributed by atoms with Crippen molar-refractivity contribution in [3.63, 3.8) is 0 Å². The monoisotopic (exact) mass is 196 g/mol. The molecule has 0 heterocycles. The van der Waals surface area contributed by atoms with E-state index < -0.39 is 5.89 Å². The van der Waals surface area contributed by atoms with Crippen LogP contribution in [0.5, 0.6) is 0 Å². The summed E-state index contributed by atoms with van der Waals surface area (Å²) in [6.07, 6.45) is 0. The maximum atomic E-state index is 8.55. The minimum absolute atomic E-state index is 0.599. The standard InChI is InChI=1S/C15H14/c1-10-7-8-14-13-6-4-3-5-12(13)11(2)15(14)9-10/h3-9,11H,1-2H3/i11T. The van der Waals surface area contributed by atoms with Gasteiger partial charge in [-0.2, -0.15) is 0 Å². The van der Waals surface area contributed by atoms with Gasteiger partial charge in [-0.25, -0.2) is 0 Å². The van der Waals surface area contributed by atoms with Crippen molar-refractivity contribution in [2.75, 3.05) is 0 Å². The van der Waals surface area contributed by atoms with Crippen LogP contribution in [0.3, 0.4) is 0 Å². The van der Waals surface area contributed by atoms with Crippen LogP contribution in [0.2, 0.25) is 0 Å². The molecule has 0 heteroatoms. The molecule has 2 aromatic carbocycles. The van der Waals surface area contributed by atoms with Crippen molar-refractivity contribution in [3.05, 3.63) is 59.2 Å². The van der Waals surface area contributed by atoms with Gasteiger partial charge < -0.3 is 0 Å². The number of hydrogen-bond donors (Lipinski definition) is 0. The molecule has 15 heavy (non-hydrogen) atoms. The van der Waals surface area contributed by atoms with E-state index in [9.17, 15) is 0 Å². The van der Waals surface area contributed by atoms with Crippen molar-refractivity contribution in [1.29, 1.82) is 0 Å². The summed E-state index contributed by atoms with van der Waals surface area (Å²) in [7, 11) is 0. The smallest absolute Gasteiger partial charge is 0.0400 e. The van der Waals surface area contributed by atoms with Crippen LogP contribution in [-0.4, -0.2) is 0 Å². The molecule has 0 aliphatic heterocycles. The molecular weight excluding hydrogens is 180 g/mol. The molecule has 0 fully saturated rings. The molecule has 1 aliphatic carbocycles. The molecule has 0 bridgehead atoms. The second-order valence-electron chi connectivity index (χ2n) is 4.22. The molecule has 74 valence electrons. The molecule has 0 amide bonds. The van der Waals surface area contributed by atoms with Crippen molar-refractivity contribution < 1.29 is 1.37 Å². The number of hydrogen-bond acceptors (Lipinski definition) is 0. The number of benzene rings is 2. The van der Waals surface area contributed by atoms with E-state index in [2.05, 4.69) is 37.3 Å². The molecule has 2 aromatic rings. The Balaban J connectivity index is 2.39. The van der Waals surface area contributed by atoms with Crippen molar-refractivity contribution in [3.8, 4) is 11.1 Å². The van der Waals surface area contributed by atoms with Crippen molar-refractivity contribution in [2.24, 2.45) is 0 Å². The van der Waals surface area contributed by atoms with Crippen molar-refractivity contribution >= 4 is 0 Å². The summed E-state index contributed by atoms with van der Waals surface area (Å²) in [6, 6.07) is 14.7. The van der Waals surface area contributed by atoms with E-state index in [1.807, 2.05) is 19.1 Å². The van der Waals surface area contributed by atoms with Crippen LogP contribution in [0.4, 0.5) is 0 Å². The third-order valence-corrected chi connectivity index (χ3v) is 3.20. The SMILES string of the molecule is [3H]C1(C)c2ccccc2-c2ccc(C)cc21. The quantitative estimate of drug-likeness (QED) is 0.594. The number of fused-ring (bicyclic) bond motifs is 3. The number of rotatable bonds is 0. The van der Waals surface area contributed by atoms with Gasteiger partial charge in [0.1, 0.15) is 0 Å². The molecule has 0 radical (unpaired) electrons. The molecule has 0 spiro atoms. The zero-order chi connectivity index (χ0) is 11.3. The summed E-state index contributed by atoms with van der Waals surface area (Å²) in [5.41, 5.74) is 5.92. The molecule has 0 aromatic heterocycles. The predicted molar refractivity (Wildman–Crippen MR) is 64.1 cm³/mol. The minimum atomic E-state index is -0.599. The van der Waals surface area contributed by atoms with E-state index in [-0.39, 0.29) is 0 Å². The highest BCUT2D eigenvalue weighted by molar-refractivity contribution is 5.78. The Bertz CT molecular complexity index is 567. The normalized spacial score (nSPS) is 23.2. The zero-order valence-electron chi connectivity index (χ0n) is 10.0. The van der Waals surface area contributed by atoms with E-state index in [1.165, 1.54) is 16.7 Å². The topological polar surface area (TPSA) is 0 Å². The number of aryl methyl sites for hydroxylation is 1. The first-order chi connectivity index (χ1) is 7.60. The zero-order valence-corrected chi connectivity index (χ0v) is 9.04. The molecule has 0 N–H and O–H groups in total. The second kappa shape index (κ2) is 2.96. The molecule has 3 rings (SSSR count). The van der Waals surface area contributed by atoms with Crippen molar-refractivity contribution in [2.45, 2.75) is 19.7 Å². The molecule has 0 saturated heterocycles. The van der Waals surface area contributed by atoms with Gasteiger partial charge >= 0.3 is 0 Å². The maximum absolute atomic E-state index is 8.55. The van der Waals surface area contributed by atoms with Crippen LogP contribution in [0.15, 0.2) is 42.5 Å². The Hall–Kier alpha value is -1.56. The van der Waals surface area contributed by atoms with Gasteiger partial charge in [-0.1, -0.05) is 55.0 Å². The lowest BCUT2D eigenvalue weighted by Crippen LogP contribution is -1.89. The fraction of sp³-hybridized carbons (Fsp3) is 0.200. The highest BCUT2D eigenvalue weighted by atomic mass is 14.3. The molecule has 0 saturated carbocycles. The Morgan fingerprint density at radius 3 is 2.60 bits per heavy atom. The lowest BCUT2D eigenvalue weighted by atomic mass is 9.98. The first-order valence-electron chi connectivity index (χ1n) is 5.82. The highest BCUT2D eigenvalue weighted by Gasteiger charge is 2.24. The van der Waals surface area contributed by atoms with Gasteiger partial charge in [-0.05, 0) is 29.2 Å². The third kappa shape index (κ3) is 1.14. The van der Waals surface area contributed by atoms with Gasteiger partial charge in [0.25, 0.3) is 0 Å². The Kier molecular flexibility index (Phi) is 1.52. The van der Waals surface area contributed by atoms with Crippen LogP contribution in [0, 0.1) is 6.92 Å². The lowest BCUT2D eigenvalue weighted by Gasteiger charge is -2.06. The van der Waals surface area contributed by atoms with Crippen LogP contribution >= 0.6 is 0 Å². The van der Waals surface area contributed by atoms with Crippen LogP contribution in [0.25, 0.3) is 11.1 Å². The summed E-state index contributed by atoms with van der Waals surface area (Å²) in [5, 5.41) is 0. The fourth-order valence-corrected chi connectivity index (χ4v) is 2.39. The summed E-state index contributed by atoms with van der Waals surface area (Å²) in [6.45, 7) is 4.07. The van der Waals surface area contributed by atoms with E-state index in [0.717, 1.165) is 11.1 Å². The average molecular weight is 196 g/mol. The van der Waals surface area contributed by atoms with Crippen LogP contribution < -0.4 is 0 Å². The van der Waals surface area contributed by atoms with Gasteiger partial charge in [-0.3, -0.25) is 0 Å². The van der Waals surface area contributed by atoms with E-state index >= 15 is 0 Å². The first kappa shape index (κ1) is 7.70.